The van der Waals surface area contributed by atoms with Crippen LogP contribution in [-0.2, 0) is 11.2 Å². The molecule has 0 aliphatic rings. The predicted octanol–water partition coefficient (Wildman–Crippen LogP) is 3.57. The number of hydrogen-bond acceptors (Lipinski definition) is 4. The van der Waals surface area contributed by atoms with Crippen LogP contribution < -0.4 is 14.8 Å². The van der Waals surface area contributed by atoms with E-state index in [0.717, 1.165) is 12.0 Å². The molecule has 0 aromatic heterocycles. The number of nitrogens with one attached hydrogen (secondary N) is 1. The molecule has 150 valence electrons. The van der Waals surface area contributed by atoms with Crippen molar-refractivity contribution in [1.82, 2.24) is 4.90 Å². The van der Waals surface area contributed by atoms with Crippen LogP contribution in [0.25, 0.3) is 0 Å². The van der Waals surface area contributed by atoms with Crippen molar-refractivity contribution >= 4 is 17.5 Å². The van der Waals surface area contributed by atoms with Crippen LogP contribution in [0.5, 0.6) is 11.5 Å². The summed E-state index contributed by atoms with van der Waals surface area (Å²) in [5.74, 6) is -0.978. The fourth-order valence-electron chi connectivity index (χ4n) is 2.64. The molecule has 0 unspecified atom stereocenters. The molecule has 2 rings (SSSR count). The number of carbonyl (C=O) groups excluding carboxylic acids is 2. The summed E-state index contributed by atoms with van der Waals surface area (Å²) >= 11 is 0. The number of rotatable bonds is 8. The van der Waals surface area contributed by atoms with E-state index in [9.17, 15) is 18.4 Å². The molecular formula is C20H22F2N2O4. The number of ether oxygens (including phenoxy) is 2. The van der Waals surface area contributed by atoms with E-state index in [1.54, 1.807) is 6.07 Å². The van der Waals surface area contributed by atoms with Crippen molar-refractivity contribution in [3.8, 4) is 11.5 Å². The Hall–Kier alpha value is -3.16. The third-order valence-electron chi connectivity index (χ3n) is 4.03. The smallest absolute Gasteiger partial charge is 0.387 e. The normalized spacial score (nSPS) is 10.5. The Kier molecular flexibility index (Phi) is 7.31. The van der Waals surface area contributed by atoms with E-state index in [1.165, 1.54) is 37.3 Å². The van der Waals surface area contributed by atoms with E-state index in [1.807, 2.05) is 25.1 Å². The summed E-state index contributed by atoms with van der Waals surface area (Å²) in [4.78, 5) is 26.1. The minimum Gasteiger partial charge on any atom is -0.493 e. The number of para-hydroxylation sites is 1. The first-order valence-electron chi connectivity index (χ1n) is 8.61. The van der Waals surface area contributed by atoms with Crippen molar-refractivity contribution < 1.29 is 27.8 Å². The number of carbonyl (C=O) groups is 2. The van der Waals surface area contributed by atoms with Crippen molar-refractivity contribution in [2.45, 2.75) is 20.0 Å². The summed E-state index contributed by atoms with van der Waals surface area (Å²) in [6.07, 6.45) is 0.762. The average molecular weight is 392 g/mol. The maximum absolute atomic E-state index is 12.6. The first-order valence-corrected chi connectivity index (χ1v) is 8.61. The van der Waals surface area contributed by atoms with Gasteiger partial charge in [0.25, 0.3) is 5.91 Å². The first kappa shape index (κ1) is 21.1. The number of anilines is 1. The molecule has 28 heavy (non-hydrogen) atoms. The zero-order valence-corrected chi connectivity index (χ0v) is 15.9. The van der Waals surface area contributed by atoms with Crippen LogP contribution in [0.4, 0.5) is 14.5 Å². The molecule has 1 N–H and O–H groups in total. The SMILES string of the molecule is CCc1ccccc1NC(=O)CN(C)C(=O)c1ccc(OC(F)F)c(OC)c1. The highest BCUT2D eigenvalue weighted by Gasteiger charge is 2.19. The van der Waals surface area contributed by atoms with Crippen LogP contribution in [0.2, 0.25) is 0 Å². The number of likely N-dealkylation sites (N-methyl/N-ethyl adjacent to an activating group) is 1. The van der Waals surface area contributed by atoms with E-state index in [4.69, 9.17) is 4.74 Å². The lowest BCUT2D eigenvalue weighted by molar-refractivity contribution is -0.116. The third kappa shape index (κ3) is 5.42. The molecule has 0 atom stereocenters. The largest absolute Gasteiger partial charge is 0.493 e. The number of nitrogens with zero attached hydrogens (tertiary/aromatic N) is 1. The lowest BCUT2D eigenvalue weighted by Gasteiger charge is -2.18. The van der Waals surface area contributed by atoms with E-state index >= 15 is 0 Å². The summed E-state index contributed by atoms with van der Waals surface area (Å²) in [5, 5.41) is 2.79. The molecule has 2 aromatic carbocycles. The second kappa shape index (κ2) is 9.68. The van der Waals surface area contributed by atoms with Gasteiger partial charge in [0, 0.05) is 18.3 Å². The van der Waals surface area contributed by atoms with Crippen molar-refractivity contribution in [2.75, 3.05) is 26.0 Å². The molecule has 2 aromatic rings. The molecular weight excluding hydrogens is 370 g/mol. The summed E-state index contributed by atoms with van der Waals surface area (Å²) in [5.41, 5.74) is 1.87. The van der Waals surface area contributed by atoms with E-state index in [-0.39, 0.29) is 29.5 Å². The van der Waals surface area contributed by atoms with Crippen LogP contribution in [0, 0.1) is 0 Å². The highest BCUT2D eigenvalue weighted by Crippen LogP contribution is 2.29. The van der Waals surface area contributed by atoms with Crippen LogP contribution in [0.15, 0.2) is 42.5 Å². The maximum Gasteiger partial charge on any atom is 0.387 e. The zero-order chi connectivity index (χ0) is 20.7. The predicted molar refractivity (Wildman–Crippen MR) is 101 cm³/mol. The van der Waals surface area contributed by atoms with Gasteiger partial charge < -0.3 is 19.7 Å². The fraction of sp³-hybridized carbons (Fsp3) is 0.300. The second-order valence-corrected chi connectivity index (χ2v) is 5.96. The van der Waals surface area contributed by atoms with Crippen LogP contribution in [0.1, 0.15) is 22.8 Å². The minimum atomic E-state index is -3.01. The van der Waals surface area contributed by atoms with Gasteiger partial charge in [0.15, 0.2) is 11.5 Å². The molecule has 0 fully saturated rings. The molecule has 8 heteroatoms. The molecule has 6 nitrogen and oxygen atoms in total. The van der Waals surface area contributed by atoms with Crippen LogP contribution in [-0.4, -0.2) is 44.0 Å². The number of benzene rings is 2. The van der Waals surface area contributed by atoms with Crippen molar-refractivity contribution in [3.63, 3.8) is 0 Å². The molecule has 0 heterocycles. The fourth-order valence-corrected chi connectivity index (χ4v) is 2.64. The van der Waals surface area contributed by atoms with E-state index < -0.39 is 12.5 Å². The molecule has 0 radical (unpaired) electrons. The molecule has 0 aliphatic carbocycles. The number of amides is 2. The van der Waals surface area contributed by atoms with Crippen molar-refractivity contribution in [2.24, 2.45) is 0 Å². The molecule has 0 spiro atoms. The van der Waals surface area contributed by atoms with Crippen molar-refractivity contribution in [3.05, 3.63) is 53.6 Å². The van der Waals surface area contributed by atoms with Gasteiger partial charge >= 0.3 is 6.61 Å². The number of halogens is 2. The summed E-state index contributed by atoms with van der Waals surface area (Å²) in [7, 11) is 2.76. The molecule has 0 saturated heterocycles. The molecule has 0 aliphatic heterocycles. The summed E-state index contributed by atoms with van der Waals surface area (Å²) in [6.45, 7) is -1.20. The van der Waals surface area contributed by atoms with Gasteiger partial charge in [-0.2, -0.15) is 8.78 Å². The van der Waals surface area contributed by atoms with Gasteiger partial charge in [0.05, 0.1) is 13.7 Å². The molecule has 0 saturated carbocycles. The van der Waals surface area contributed by atoms with Gasteiger partial charge in [-0.3, -0.25) is 9.59 Å². The zero-order valence-electron chi connectivity index (χ0n) is 15.9. The average Bonchev–Trinajstić information content (AvgIpc) is 2.67. The Morgan fingerprint density at radius 2 is 1.86 bits per heavy atom. The Labute approximate surface area is 162 Å². The van der Waals surface area contributed by atoms with Gasteiger partial charge in [0.1, 0.15) is 0 Å². The Balaban J connectivity index is 2.06. The van der Waals surface area contributed by atoms with Crippen molar-refractivity contribution in [1.29, 1.82) is 0 Å². The monoisotopic (exact) mass is 392 g/mol. The minimum absolute atomic E-state index is 0.000810. The van der Waals surface area contributed by atoms with E-state index in [2.05, 4.69) is 10.1 Å². The number of alkyl halides is 2. The molecule has 0 bridgehead atoms. The van der Waals surface area contributed by atoms with Crippen LogP contribution >= 0.6 is 0 Å². The standard InChI is InChI=1S/C20H22F2N2O4/c1-4-13-7-5-6-8-15(13)23-18(25)12-24(2)19(26)14-9-10-16(28-20(21)22)17(11-14)27-3/h5-11,20H,4,12H2,1-3H3,(H,23,25). The van der Waals surface area contributed by atoms with E-state index in [0.29, 0.717) is 5.69 Å². The number of aryl methyl sites for hydroxylation is 1. The van der Waals surface area contributed by atoms with Gasteiger partial charge in [0.2, 0.25) is 5.91 Å². The maximum atomic E-state index is 12.6. The van der Waals surface area contributed by atoms with Gasteiger partial charge in [-0.1, -0.05) is 25.1 Å². The lowest BCUT2D eigenvalue weighted by atomic mass is 10.1. The lowest BCUT2D eigenvalue weighted by Crippen LogP contribution is -2.35. The Morgan fingerprint density at radius 3 is 2.50 bits per heavy atom. The Morgan fingerprint density at radius 1 is 1.14 bits per heavy atom. The number of hydrogen-bond donors (Lipinski definition) is 1. The van der Waals surface area contributed by atoms with Gasteiger partial charge in [-0.25, -0.2) is 0 Å². The summed E-state index contributed by atoms with van der Waals surface area (Å²) in [6, 6.07) is 11.3. The highest BCUT2D eigenvalue weighted by molar-refractivity contribution is 5.99. The topological polar surface area (TPSA) is 67.9 Å². The van der Waals surface area contributed by atoms with Crippen LogP contribution in [0.3, 0.4) is 0 Å². The van der Waals surface area contributed by atoms with Gasteiger partial charge in [-0.05, 0) is 36.2 Å². The number of methoxy groups -OCH3 is 1. The quantitative estimate of drug-likeness (QED) is 0.746. The second-order valence-electron chi connectivity index (χ2n) is 5.96. The first-order chi connectivity index (χ1) is 13.3. The third-order valence-corrected chi connectivity index (χ3v) is 4.03. The Bertz CT molecular complexity index is 843. The molecule has 2 amide bonds. The summed E-state index contributed by atoms with van der Waals surface area (Å²) < 4.78 is 34.1. The van der Waals surface area contributed by atoms with Gasteiger partial charge in [-0.15, -0.1) is 0 Å². The highest BCUT2D eigenvalue weighted by atomic mass is 19.3.